The number of nitrogens with one attached hydrogen (secondary N) is 1. The van der Waals surface area contributed by atoms with E-state index in [0.717, 1.165) is 22.5 Å². The van der Waals surface area contributed by atoms with Crippen LogP contribution in [0.1, 0.15) is 11.1 Å². The molecule has 0 heterocycles. The molecule has 0 atom stereocenters. The van der Waals surface area contributed by atoms with Crippen LogP contribution in [0.25, 0.3) is 0 Å². The first-order chi connectivity index (χ1) is 8.90. The smallest absolute Gasteiger partial charge is 0.421 e. The molecular weight excluding hydrogens is 270 g/mol. The van der Waals surface area contributed by atoms with Crippen LogP contribution in [0.5, 0.6) is 0 Å². The Hall–Kier alpha value is -1.64. The van der Waals surface area contributed by atoms with Crippen molar-refractivity contribution in [3.05, 3.63) is 35.4 Å². The molecule has 1 amide bonds. The summed E-state index contributed by atoms with van der Waals surface area (Å²) < 4.78 is 30.6. The van der Waals surface area contributed by atoms with Gasteiger partial charge in [-0.15, -0.1) is 0 Å². The van der Waals surface area contributed by atoms with E-state index in [9.17, 15) is 13.2 Å². The van der Waals surface area contributed by atoms with Crippen molar-refractivity contribution in [2.75, 3.05) is 14.2 Å². The molecular formula is C11H17N3O4S. The minimum atomic E-state index is -3.93. The molecule has 8 heteroatoms. The second-order valence-corrected chi connectivity index (χ2v) is 5.61. The van der Waals surface area contributed by atoms with Crippen molar-refractivity contribution < 1.29 is 17.9 Å². The van der Waals surface area contributed by atoms with Gasteiger partial charge in [-0.05, 0) is 11.1 Å². The summed E-state index contributed by atoms with van der Waals surface area (Å²) in [6, 6.07) is 7.23. The number of amides is 1. The van der Waals surface area contributed by atoms with Crippen LogP contribution < -0.4 is 10.5 Å². The Kier molecular flexibility index (Phi) is 5.28. The van der Waals surface area contributed by atoms with Crippen molar-refractivity contribution in [2.45, 2.75) is 13.1 Å². The molecule has 1 aromatic carbocycles. The number of carbonyl (C=O) groups is 1. The number of methoxy groups -OCH3 is 1. The van der Waals surface area contributed by atoms with E-state index >= 15 is 0 Å². The van der Waals surface area contributed by atoms with E-state index in [-0.39, 0.29) is 6.54 Å². The van der Waals surface area contributed by atoms with Crippen molar-refractivity contribution in [1.29, 1.82) is 0 Å². The molecule has 0 unspecified atom stereocenters. The van der Waals surface area contributed by atoms with E-state index in [0.29, 0.717) is 6.54 Å². The quantitative estimate of drug-likeness (QED) is 0.804. The lowest BCUT2D eigenvalue weighted by Gasteiger charge is -2.18. The second kappa shape index (κ2) is 6.50. The monoisotopic (exact) mass is 287 g/mol. The predicted molar refractivity (Wildman–Crippen MR) is 70.3 cm³/mol. The van der Waals surface area contributed by atoms with Crippen molar-refractivity contribution in [1.82, 2.24) is 9.03 Å². The minimum Gasteiger partial charge on any atom is -0.452 e. The maximum atomic E-state index is 11.8. The number of nitrogens with two attached hydrogens (primary N) is 1. The Morgan fingerprint density at radius 2 is 1.95 bits per heavy atom. The molecule has 0 aliphatic heterocycles. The highest BCUT2D eigenvalue weighted by molar-refractivity contribution is 7.87. The van der Waals surface area contributed by atoms with Gasteiger partial charge in [0.2, 0.25) is 0 Å². The van der Waals surface area contributed by atoms with E-state index < -0.39 is 16.3 Å². The highest BCUT2D eigenvalue weighted by Crippen LogP contribution is 2.11. The van der Waals surface area contributed by atoms with Gasteiger partial charge in [0.15, 0.2) is 0 Å². The lowest BCUT2D eigenvalue weighted by molar-refractivity contribution is 0.177. The third kappa shape index (κ3) is 4.19. The summed E-state index contributed by atoms with van der Waals surface area (Å²) in [5.41, 5.74) is 7.21. The largest absolute Gasteiger partial charge is 0.452 e. The van der Waals surface area contributed by atoms with Crippen LogP contribution in [0.4, 0.5) is 4.79 Å². The third-order valence-corrected chi connectivity index (χ3v) is 3.91. The normalized spacial score (nSPS) is 11.4. The molecule has 0 aliphatic rings. The standard InChI is InChI=1S/C11H17N3O4S/c1-14(19(16,17)13-11(15)18-2)8-10-6-4-3-5-9(10)7-12/h3-6H,7-8,12H2,1-2H3,(H,13,15). The van der Waals surface area contributed by atoms with Gasteiger partial charge in [-0.1, -0.05) is 24.3 Å². The van der Waals surface area contributed by atoms with Gasteiger partial charge in [0.05, 0.1) is 7.11 Å². The Bertz CT molecular complexity index is 545. The van der Waals surface area contributed by atoms with Crippen LogP contribution in [-0.4, -0.2) is 33.0 Å². The van der Waals surface area contributed by atoms with Crippen molar-refractivity contribution >= 4 is 16.3 Å². The van der Waals surface area contributed by atoms with Crippen LogP contribution in [0.3, 0.4) is 0 Å². The number of carbonyl (C=O) groups excluding carboxylic acids is 1. The molecule has 19 heavy (non-hydrogen) atoms. The van der Waals surface area contributed by atoms with Gasteiger partial charge in [0.25, 0.3) is 0 Å². The van der Waals surface area contributed by atoms with Gasteiger partial charge in [0, 0.05) is 20.1 Å². The molecule has 1 rings (SSSR count). The molecule has 106 valence electrons. The highest BCUT2D eigenvalue weighted by Gasteiger charge is 2.21. The zero-order valence-electron chi connectivity index (χ0n) is 10.8. The molecule has 0 aliphatic carbocycles. The lowest BCUT2D eigenvalue weighted by atomic mass is 10.1. The fraction of sp³-hybridized carbons (Fsp3) is 0.364. The molecule has 1 aromatic rings. The lowest BCUT2D eigenvalue weighted by Crippen LogP contribution is -2.41. The van der Waals surface area contributed by atoms with Gasteiger partial charge in [0.1, 0.15) is 0 Å². The van der Waals surface area contributed by atoms with Crippen LogP contribution in [0.2, 0.25) is 0 Å². The van der Waals surface area contributed by atoms with E-state index in [2.05, 4.69) is 4.74 Å². The average Bonchev–Trinajstić information content (AvgIpc) is 2.38. The molecule has 0 radical (unpaired) electrons. The number of benzene rings is 1. The molecule has 0 spiro atoms. The third-order valence-electron chi connectivity index (χ3n) is 2.54. The first-order valence-corrected chi connectivity index (χ1v) is 6.93. The summed E-state index contributed by atoms with van der Waals surface area (Å²) in [6.07, 6.45) is -1.03. The molecule has 7 nitrogen and oxygen atoms in total. The Morgan fingerprint density at radius 3 is 2.47 bits per heavy atom. The fourth-order valence-corrected chi connectivity index (χ4v) is 2.22. The molecule has 0 saturated heterocycles. The maximum absolute atomic E-state index is 11.8. The summed E-state index contributed by atoms with van der Waals surface area (Å²) in [5, 5.41) is 0. The zero-order valence-corrected chi connectivity index (χ0v) is 11.6. The number of rotatable bonds is 5. The van der Waals surface area contributed by atoms with E-state index in [1.54, 1.807) is 16.9 Å². The van der Waals surface area contributed by atoms with Crippen molar-refractivity contribution in [3.63, 3.8) is 0 Å². The molecule has 0 fully saturated rings. The first kappa shape index (κ1) is 15.4. The summed E-state index contributed by atoms with van der Waals surface area (Å²) in [5.74, 6) is 0. The summed E-state index contributed by atoms with van der Waals surface area (Å²) in [4.78, 5) is 10.9. The summed E-state index contributed by atoms with van der Waals surface area (Å²) in [6.45, 7) is 0.425. The minimum absolute atomic E-state index is 0.111. The zero-order chi connectivity index (χ0) is 14.5. The average molecular weight is 287 g/mol. The van der Waals surface area contributed by atoms with Gasteiger partial charge >= 0.3 is 16.3 Å². The molecule has 3 N–H and O–H groups in total. The number of ether oxygens (including phenoxy) is 1. The van der Waals surface area contributed by atoms with Crippen LogP contribution in [0.15, 0.2) is 24.3 Å². The first-order valence-electron chi connectivity index (χ1n) is 5.49. The Balaban J connectivity index is 2.84. The molecule has 0 bridgehead atoms. The predicted octanol–water partition coefficient (Wildman–Crippen LogP) is 0.178. The van der Waals surface area contributed by atoms with Gasteiger partial charge in [-0.25, -0.2) is 9.52 Å². The van der Waals surface area contributed by atoms with Crippen molar-refractivity contribution in [2.24, 2.45) is 5.73 Å². The topological polar surface area (TPSA) is 102 Å². The maximum Gasteiger partial charge on any atom is 0.421 e. The fourth-order valence-electron chi connectivity index (χ4n) is 1.46. The highest BCUT2D eigenvalue weighted by atomic mass is 32.2. The van der Waals surface area contributed by atoms with Gasteiger partial charge < -0.3 is 10.5 Å². The summed E-state index contributed by atoms with van der Waals surface area (Å²) in [7, 11) is -1.48. The van der Waals surface area contributed by atoms with Crippen LogP contribution in [-0.2, 0) is 28.0 Å². The van der Waals surface area contributed by atoms with Crippen LogP contribution in [0, 0.1) is 0 Å². The Labute approximate surface area is 112 Å². The number of hydrogen-bond acceptors (Lipinski definition) is 5. The number of nitrogens with zero attached hydrogens (tertiary/aromatic N) is 1. The molecule has 0 aromatic heterocycles. The number of hydrogen-bond donors (Lipinski definition) is 2. The van der Waals surface area contributed by atoms with Crippen molar-refractivity contribution in [3.8, 4) is 0 Å². The van der Waals surface area contributed by atoms with E-state index in [4.69, 9.17) is 5.73 Å². The summed E-state index contributed by atoms with van der Waals surface area (Å²) >= 11 is 0. The Morgan fingerprint density at radius 1 is 1.37 bits per heavy atom. The van der Waals surface area contributed by atoms with E-state index in [1.807, 2.05) is 12.1 Å². The van der Waals surface area contributed by atoms with Crippen LogP contribution >= 0.6 is 0 Å². The SMILES string of the molecule is COC(=O)NS(=O)(=O)N(C)Cc1ccccc1CN. The van der Waals surface area contributed by atoms with Gasteiger partial charge in [-0.3, -0.25) is 0 Å². The molecule has 0 saturated carbocycles. The van der Waals surface area contributed by atoms with E-state index in [1.165, 1.54) is 7.05 Å². The van der Waals surface area contributed by atoms with Gasteiger partial charge in [-0.2, -0.15) is 12.7 Å². The second-order valence-electron chi connectivity index (χ2n) is 3.83.